The van der Waals surface area contributed by atoms with Crippen molar-refractivity contribution < 1.29 is 13.2 Å². The number of nitrogens with one attached hydrogen (secondary N) is 1. The second-order valence-corrected chi connectivity index (χ2v) is 8.08. The molecular formula is C18H22N2O3S. The van der Waals surface area contributed by atoms with E-state index in [0.717, 1.165) is 22.5 Å². The molecule has 1 aromatic carbocycles. The Bertz CT molecular complexity index is 833. The number of sulfone groups is 1. The van der Waals surface area contributed by atoms with Crippen LogP contribution in [0.5, 0.6) is 0 Å². The van der Waals surface area contributed by atoms with Crippen LogP contribution in [0.4, 0.5) is 5.69 Å². The van der Waals surface area contributed by atoms with E-state index >= 15 is 0 Å². The fraction of sp³-hybridized carbons (Fsp3) is 0.333. The molecule has 6 heteroatoms. The van der Waals surface area contributed by atoms with Gasteiger partial charge in [0.05, 0.1) is 22.0 Å². The van der Waals surface area contributed by atoms with Gasteiger partial charge in [0.15, 0.2) is 9.84 Å². The Hall–Kier alpha value is -2.21. The average Bonchev–Trinajstić information content (AvgIpc) is 2.49. The van der Waals surface area contributed by atoms with Crippen molar-refractivity contribution >= 4 is 21.4 Å². The van der Waals surface area contributed by atoms with E-state index in [1.165, 1.54) is 0 Å². The lowest BCUT2D eigenvalue weighted by Crippen LogP contribution is -2.19. The molecule has 0 bridgehead atoms. The lowest BCUT2D eigenvalue weighted by molar-refractivity contribution is -0.115. The SMILES string of the molecule is Cc1ccc(S(=O)(=O)CCC(=O)Nc2c(C)cc(C)nc2C)cc1. The van der Waals surface area contributed by atoms with Gasteiger partial charge in [-0.3, -0.25) is 9.78 Å². The van der Waals surface area contributed by atoms with Gasteiger partial charge < -0.3 is 5.32 Å². The Kier molecular flexibility index (Phi) is 5.39. The Morgan fingerprint density at radius 2 is 1.71 bits per heavy atom. The van der Waals surface area contributed by atoms with Crippen LogP contribution in [0.1, 0.15) is 28.9 Å². The van der Waals surface area contributed by atoms with E-state index in [2.05, 4.69) is 10.3 Å². The fourth-order valence-corrected chi connectivity index (χ4v) is 3.75. The number of rotatable bonds is 5. The number of aryl methyl sites for hydroxylation is 4. The predicted octanol–water partition coefficient (Wildman–Crippen LogP) is 3.12. The molecule has 5 nitrogen and oxygen atoms in total. The monoisotopic (exact) mass is 346 g/mol. The lowest BCUT2D eigenvalue weighted by atomic mass is 10.1. The van der Waals surface area contributed by atoms with Gasteiger partial charge in [0, 0.05) is 12.1 Å². The van der Waals surface area contributed by atoms with Gasteiger partial charge in [-0.15, -0.1) is 0 Å². The Morgan fingerprint density at radius 1 is 1.08 bits per heavy atom. The standard InChI is InChI=1S/C18H22N2O3S/c1-12-5-7-16(8-6-12)24(22,23)10-9-17(21)20-18-13(2)11-14(3)19-15(18)4/h5-8,11H,9-10H2,1-4H3,(H,20,21). The van der Waals surface area contributed by atoms with Crippen molar-refractivity contribution in [1.29, 1.82) is 0 Å². The lowest BCUT2D eigenvalue weighted by Gasteiger charge is -2.12. The molecule has 0 saturated heterocycles. The molecule has 0 atom stereocenters. The van der Waals surface area contributed by atoms with Crippen LogP contribution in [-0.2, 0) is 14.6 Å². The zero-order chi connectivity index (χ0) is 17.9. The van der Waals surface area contributed by atoms with Crippen LogP contribution in [0, 0.1) is 27.7 Å². The first-order chi connectivity index (χ1) is 11.2. The molecule has 0 aliphatic rings. The van der Waals surface area contributed by atoms with Crippen LogP contribution >= 0.6 is 0 Å². The van der Waals surface area contributed by atoms with Crippen LogP contribution in [0.2, 0.25) is 0 Å². The topological polar surface area (TPSA) is 76.1 Å². The Morgan fingerprint density at radius 3 is 2.29 bits per heavy atom. The molecule has 2 rings (SSSR count). The third kappa shape index (κ3) is 4.41. The van der Waals surface area contributed by atoms with Gasteiger partial charge >= 0.3 is 0 Å². The van der Waals surface area contributed by atoms with Crippen molar-refractivity contribution in [3.05, 3.63) is 52.8 Å². The van der Waals surface area contributed by atoms with Crippen molar-refractivity contribution in [2.75, 3.05) is 11.1 Å². The number of nitrogens with zero attached hydrogens (tertiary/aromatic N) is 1. The number of pyridine rings is 1. The van der Waals surface area contributed by atoms with E-state index in [1.807, 2.05) is 33.8 Å². The summed E-state index contributed by atoms with van der Waals surface area (Å²) < 4.78 is 24.6. The minimum absolute atomic E-state index is 0.0943. The van der Waals surface area contributed by atoms with Crippen molar-refractivity contribution in [3.8, 4) is 0 Å². The summed E-state index contributed by atoms with van der Waals surface area (Å²) in [5, 5.41) is 2.77. The van der Waals surface area contributed by atoms with E-state index in [1.54, 1.807) is 24.3 Å². The van der Waals surface area contributed by atoms with Crippen LogP contribution in [0.15, 0.2) is 35.2 Å². The van der Waals surface area contributed by atoms with E-state index < -0.39 is 9.84 Å². The molecule has 1 N–H and O–H groups in total. The van der Waals surface area contributed by atoms with Crippen LogP contribution < -0.4 is 5.32 Å². The first-order valence-corrected chi connectivity index (χ1v) is 9.38. The first-order valence-electron chi connectivity index (χ1n) is 7.73. The third-order valence-electron chi connectivity index (χ3n) is 3.77. The summed E-state index contributed by atoms with van der Waals surface area (Å²) in [6.45, 7) is 7.49. The molecule has 1 amide bonds. The molecule has 0 radical (unpaired) electrons. The number of hydrogen-bond acceptors (Lipinski definition) is 4. The summed E-state index contributed by atoms with van der Waals surface area (Å²) in [6.07, 6.45) is -0.0943. The zero-order valence-corrected chi connectivity index (χ0v) is 15.2. The zero-order valence-electron chi connectivity index (χ0n) is 14.4. The van der Waals surface area contributed by atoms with Gasteiger partial charge in [0.25, 0.3) is 0 Å². The molecule has 1 aromatic heterocycles. The molecule has 2 aromatic rings. The molecule has 0 aliphatic heterocycles. The van der Waals surface area contributed by atoms with Gasteiger partial charge in [-0.1, -0.05) is 17.7 Å². The molecule has 128 valence electrons. The van der Waals surface area contributed by atoms with Crippen molar-refractivity contribution in [2.24, 2.45) is 0 Å². The molecular weight excluding hydrogens is 324 g/mol. The number of aromatic nitrogens is 1. The molecule has 0 saturated carbocycles. The molecule has 0 spiro atoms. The largest absolute Gasteiger partial charge is 0.324 e. The third-order valence-corrected chi connectivity index (χ3v) is 5.50. The summed E-state index contributed by atoms with van der Waals surface area (Å²) in [5.41, 5.74) is 4.16. The highest BCUT2D eigenvalue weighted by Crippen LogP contribution is 2.20. The summed E-state index contributed by atoms with van der Waals surface area (Å²) in [5.74, 6) is -0.554. The van der Waals surface area contributed by atoms with Gasteiger partial charge in [-0.2, -0.15) is 0 Å². The second kappa shape index (κ2) is 7.13. The summed E-state index contributed by atoms with van der Waals surface area (Å²) >= 11 is 0. The van der Waals surface area contributed by atoms with Gasteiger partial charge in [0.2, 0.25) is 5.91 Å². The molecule has 1 heterocycles. The first kappa shape index (κ1) is 18.1. The van der Waals surface area contributed by atoms with E-state index in [0.29, 0.717) is 5.69 Å². The van der Waals surface area contributed by atoms with E-state index in [4.69, 9.17) is 0 Å². The number of carbonyl (C=O) groups excluding carboxylic acids is 1. The highest BCUT2D eigenvalue weighted by atomic mass is 32.2. The van der Waals surface area contributed by atoms with Gasteiger partial charge in [0.1, 0.15) is 0 Å². The Labute approximate surface area is 143 Å². The van der Waals surface area contributed by atoms with E-state index in [9.17, 15) is 13.2 Å². The Balaban J connectivity index is 2.04. The number of amides is 1. The summed E-state index contributed by atoms with van der Waals surface area (Å²) in [7, 11) is -3.47. The smallest absolute Gasteiger partial charge is 0.225 e. The maximum atomic E-state index is 12.3. The number of hydrogen-bond donors (Lipinski definition) is 1. The quantitative estimate of drug-likeness (QED) is 0.902. The van der Waals surface area contributed by atoms with Gasteiger partial charge in [-0.25, -0.2) is 8.42 Å². The maximum Gasteiger partial charge on any atom is 0.225 e. The highest BCUT2D eigenvalue weighted by Gasteiger charge is 2.17. The van der Waals surface area contributed by atoms with Gasteiger partial charge in [-0.05, 0) is 51.5 Å². The average molecular weight is 346 g/mol. The van der Waals surface area contributed by atoms with E-state index in [-0.39, 0.29) is 23.0 Å². The summed E-state index contributed by atoms with van der Waals surface area (Å²) in [6, 6.07) is 8.52. The minimum atomic E-state index is -3.47. The second-order valence-electron chi connectivity index (χ2n) is 5.97. The molecule has 24 heavy (non-hydrogen) atoms. The minimum Gasteiger partial charge on any atom is -0.324 e. The summed E-state index contributed by atoms with van der Waals surface area (Å²) in [4.78, 5) is 16.7. The van der Waals surface area contributed by atoms with Crippen LogP contribution in [0.3, 0.4) is 0 Å². The number of benzene rings is 1. The predicted molar refractivity (Wildman–Crippen MR) is 94.9 cm³/mol. The number of carbonyl (C=O) groups is 1. The van der Waals surface area contributed by atoms with Crippen LogP contribution in [-0.4, -0.2) is 25.1 Å². The van der Waals surface area contributed by atoms with Crippen molar-refractivity contribution in [3.63, 3.8) is 0 Å². The van der Waals surface area contributed by atoms with Crippen LogP contribution in [0.25, 0.3) is 0 Å². The van der Waals surface area contributed by atoms with Crippen molar-refractivity contribution in [1.82, 2.24) is 4.98 Å². The normalized spacial score (nSPS) is 11.3. The molecule has 0 fully saturated rings. The molecule has 0 aliphatic carbocycles. The highest BCUT2D eigenvalue weighted by molar-refractivity contribution is 7.91. The fourth-order valence-electron chi connectivity index (χ4n) is 2.51. The van der Waals surface area contributed by atoms with Crippen molar-refractivity contribution in [2.45, 2.75) is 39.0 Å². The number of anilines is 1. The maximum absolute atomic E-state index is 12.3. The molecule has 0 unspecified atom stereocenters.